The van der Waals surface area contributed by atoms with Gasteiger partial charge in [0, 0.05) is 11.9 Å². The molecule has 2 heterocycles. The number of nitrogens with zero attached hydrogens (tertiary/aromatic N) is 3. The zero-order valence-electron chi connectivity index (χ0n) is 10.4. The van der Waals surface area contributed by atoms with Crippen LogP contribution in [-0.2, 0) is 12.8 Å². The van der Waals surface area contributed by atoms with E-state index in [1.807, 2.05) is 0 Å². The van der Waals surface area contributed by atoms with Crippen LogP contribution in [0.3, 0.4) is 0 Å². The Bertz CT molecular complexity index is 586. The summed E-state index contributed by atoms with van der Waals surface area (Å²) in [6.45, 7) is 0. The van der Waals surface area contributed by atoms with Gasteiger partial charge in [0.1, 0.15) is 11.5 Å². The second kappa shape index (κ2) is 4.93. The fraction of sp³-hybridized carbons (Fsp3) is 0.333. The van der Waals surface area contributed by atoms with Crippen LogP contribution in [0.15, 0.2) is 12.4 Å². The predicted molar refractivity (Wildman–Crippen MR) is 73.7 cm³/mol. The van der Waals surface area contributed by atoms with Crippen LogP contribution >= 0.6 is 11.3 Å². The molecule has 0 radical (unpaired) electrons. The number of aryl methyl sites for hydroxylation is 2. The summed E-state index contributed by atoms with van der Waals surface area (Å²) in [4.78, 5) is 25.8. The highest BCUT2D eigenvalue weighted by Crippen LogP contribution is 2.30. The molecular weight excluding hydrogens is 262 g/mol. The molecular formula is C12H13N5OS. The lowest BCUT2D eigenvalue weighted by Crippen LogP contribution is -2.14. The van der Waals surface area contributed by atoms with E-state index in [9.17, 15) is 4.79 Å². The summed E-state index contributed by atoms with van der Waals surface area (Å²) >= 11 is 1.55. The van der Waals surface area contributed by atoms with Crippen molar-refractivity contribution in [2.24, 2.45) is 0 Å². The molecule has 0 aliphatic heterocycles. The zero-order valence-corrected chi connectivity index (χ0v) is 11.3. The summed E-state index contributed by atoms with van der Waals surface area (Å²) < 4.78 is 0. The van der Waals surface area contributed by atoms with E-state index < -0.39 is 0 Å². The lowest BCUT2D eigenvalue weighted by Gasteiger charge is -2.02. The number of aromatic nitrogens is 3. The van der Waals surface area contributed by atoms with E-state index in [0.717, 1.165) is 18.5 Å². The summed E-state index contributed by atoms with van der Waals surface area (Å²) in [6.07, 6.45) is 6.22. The lowest BCUT2D eigenvalue weighted by atomic mass is 10.4. The van der Waals surface area contributed by atoms with Crippen LogP contribution in [0.2, 0.25) is 0 Å². The molecule has 0 unspecified atom stereocenters. The molecule has 2 N–H and O–H groups in total. The van der Waals surface area contributed by atoms with Gasteiger partial charge in [-0.25, -0.2) is 15.0 Å². The summed E-state index contributed by atoms with van der Waals surface area (Å²) in [5, 5.41) is 6.27. The van der Waals surface area contributed by atoms with Crippen molar-refractivity contribution in [3.8, 4) is 0 Å². The minimum absolute atomic E-state index is 0.275. The summed E-state index contributed by atoms with van der Waals surface area (Å²) in [5.41, 5.74) is 1.41. The standard InChI is InChI=1S/C12H13N5OS/c1-13-10-6-14-8(5-15-10)11(18)17-12-16-7-3-2-4-9(7)19-12/h5-6H,2-4H2,1H3,(H,13,15)(H,16,17,18). The Hall–Kier alpha value is -2.02. The van der Waals surface area contributed by atoms with E-state index in [1.165, 1.54) is 23.7 Å². The Kier molecular flexibility index (Phi) is 3.12. The van der Waals surface area contributed by atoms with E-state index >= 15 is 0 Å². The van der Waals surface area contributed by atoms with Crippen molar-refractivity contribution in [3.63, 3.8) is 0 Å². The number of carbonyl (C=O) groups excluding carboxylic acids is 1. The van der Waals surface area contributed by atoms with Gasteiger partial charge in [0.25, 0.3) is 5.91 Å². The molecule has 1 amide bonds. The third-order valence-electron chi connectivity index (χ3n) is 2.96. The normalized spacial score (nSPS) is 13.1. The van der Waals surface area contributed by atoms with Crippen molar-refractivity contribution in [3.05, 3.63) is 28.7 Å². The third kappa shape index (κ3) is 2.41. The van der Waals surface area contributed by atoms with Gasteiger partial charge in [0.15, 0.2) is 5.13 Å². The number of hydrogen-bond donors (Lipinski definition) is 2. The number of fused-ring (bicyclic) bond motifs is 1. The number of amides is 1. The van der Waals surface area contributed by atoms with Crippen molar-refractivity contribution >= 4 is 28.2 Å². The molecule has 0 saturated carbocycles. The zero-order chi connectivity index (χ0) is 13.2. The molecule has 19 heavy (non-hydrogen) atoms. The second-order valence-electron chi connectivity index (χ2n) is 4.23. The molecule has 98 valence electrons. The van der Waals surface area contributed by atoms with E-state index in [4.69, 9.17) is 0 Å². The summed E-state index contributed by atoms with van der Waals surface area (Å²) in [5.74, 6) is 0.354. The smallest absolute Gasteiger partial charge is 0.277 e. The Balaban J connectivity index is 1.72. The lowest BCUT2D eigenvalue weighted by molar-refractivity contribution is 0.102. The molecule has 1 aliphatic carbocycles. The van der Waals surface area contributed by atoms with Gasteiger partial charge in [-0.15, -0.1) is 11.3 Å². The van der Waals surface area contributed by atoms with E-state index in [0.29, 0.717) is 10.9 Å². The van der Waals surface area contributed by atoms with Gasteiger partial charge in [-0.1, -0.05) is 0 Å². The molecule has 7 heteroatoms. The molecule has 0 aromatic carbocycles. The molecule has 3 rings (SSSR count). The Morgan fingerprint density at radius 3 is 2.89 bits per heavy atom. The van der Waals surface area contributed by atoms with Crippen LogP contribution in [0.5, 0.6) is 0 Å². The largest absolute Gasteiger partial charge is 0.372 e. The molecule has 1 aliphatic rings. The minimum Gasteiger partial charge on any atom is -0.372 e. The Labute approximate surface area is 114 Å². The highest BCUT2D eigenvalue weighted by molar-refractivity contribution is 7.15. The minimum atomic E-state index is -0.275. The SMILES string of the molecule is CNc1cnc(C(=O)Nc2nc3c(s2)CCC3)cn1. The first kappa shape index (κ1) is 12.0. The number of hydrogen-bond acceptors (Lipinski definition) is 6. The quantitative estimate of drug-likeness (QED) is 0.891. The van der Waals surface area contributed by atoms with Crippen molar-refractivity contribution in [1.29, 1.82) is 0 Å². The average molecular weight is 275 g/mol. The fourth-order valence-electron chi connectivity index (χ4n) is 1.98. The van der Waals surface area contributed by atoms with Gasteiger partial charge in [-0.3, -0.25) is 10.1 Å². The predicted octanol–water partition coefficient (Wildman–Crippen LogP) is 1.72. The van der Waals surface area contributed by atoms with Crippen LogP contribution in [0, 0.1) is 0 Å². The molecule has 0 bridgehead atoms. The molecule has 2 aromatic rings. The van der Waals surface area contributed by atoms with Crippen molar-refractivity contribution in [1.82, 2.24) is 15.0 Å². The molecule has 2 aromatic heterocycles. The number of rotatable bonds is 3. The monoisotopic (exact) mass is 275 g/mol. The molecule has 0 fully saturated rings. The van der Waals surface area contributed by atoms with Crippen LogP contribution in [-0.4, -0.2) is 27.9 Å². The van der Waals surface area contributed by atoms with Crippen LogP contribution in [0.4, 0.5) is 10.9 Å². The van der Waals surface area contributed by atoms with Gasteiger partial charge in [0.2, 0.25) is 0 Å². The fourth-order valence-corrected chi connectivity index (χ4v) is 3.02. The number of thiazole rings is 1. The molecule has 0 atom stereocenters. The number of nitrogens with one attached hydrogen (secondary N) is 2. The van der Waals surface area contributed by atoms with E-state index in [1.54, 1.807) is 18.4 Å². The highest BCUT2D eigenvalue weighted by atomic mass is 32.1. The molecule has 0 saturated heterocycles. The summed E-state index contributed by atoms with van der Waals surface area (Å²) in [6, 6.07) is 0. The van der Waals surface area contributed by atoms with Gasteiger partial charge >= 0.3 is 0 Å². The molecule has 0 spiro atoms. The van der Waals surface area contributed by atoms with E-state index in [2.05, 4.69) is 25.6 Å². The Morgan fingerprint density at radius 2 is 2.21 bits per heavy atom. The first-order valence-corrected chi connectivity index (χ1v) is 6.87. The van der Waals surface area contributed by atoms with Crippen molar-refractivity contribution < 1.29 is 4.79 Å². The van der Waals surface area contributed by atoms with Gasteiger partial charge in [-0.05, 0) is 19.3 Å². The van der Waals surface area contributed by atoms with Gasteiger partial charge in [0.05, 0.1) is 18.1 Å². The van der Waals surface area contributed by atoms with Crippen molar-refractivity contribution in [2.45, 2.75) is 19.3 Å². The first-order valence-electron chi connectivity index (χ1n) is 6.06. The topological polar surface area (TPSA) is 79.8 Å². The maximum Gasteiger partial charge on any atom is 0.277 e. The van der Waals surface area contributed by atoms with Crippen LogP contribution in [0.25, 0.3) is 0 Å². The van der Waals surface area contributed by atoms with Crippen molar-refractivity contribution in [2.75, 3.05) is 17.7 Å². The third-order valence-corrected chi connectivity index (χ3v) is 4.03. The maximum absolute atomic E-state index is 12.0. The Morgan fingerprint density at radius 1 is 1.32 bits per heavy atom. The van der Waals surface area contributed by atoms with E-state index in [-0.39, 0.29) is 11.6 Å². The molecule has 6 nitrogen and oxygen atoms in total. The number of carbonyl (C=O) groups is 1. The van der Waals surface area contributed by atoms with Gasteiger partial charge < -0.3 is 5.32 Å². The summed E-state index contributed by atoms with van der Waals surface area (Å²) in [7, 11) is 1.75. The van der Waals surface area contributed by atoms with Crippen LogP contribution < -0.4 is 10.6 Å². The van der Waals surface area contributed by atoms with Crippen LogP contribution in [0.1, 0.15) is 27.5 Å². The van der Waals surface area contributed by atoms with Gasteiger partial charge in [-0.2, -0.15) is 0 Å². The number of anilines is 2. The maximum atomic E-state index is 12.0. The average Bonchev–Trinajstić information content (AvgIpc) is 2.99. The highest BCUT2D eigenvalue weighted by Gasteiger charge is 2.18. The first-order chi connectivity index (χ1) is 9.26. The second-order valence-corrected chi connectivity index (χ2v) is 5.32.